The van der Waals surface area contributed by atoms with Crippen LogP contribution in [-0.4, -0.2) is 56.5 Å². The summed E-state index contributed by atoms with van der Waals surface area (Å²) in [6, 6.07) is 14.7. The first-order valence-corrected chi connectivity index (χ1v) is 18.1. The van der Waals surface area contributed by atoms with Crippen molar-refractivity contribution in [2.24, 2.45) is 9.78 Å². The molecule has 3 fully saturated rings. The highest BCUT2D eigenvalue weighted by atomic mass is 35.5. The number of anilines is 1. The molecule has 1 N–H and O–H groups in total. The van der Waals surface area contributed by atoms with E-state index in [4.69, 9.17) is 30.8 Å². The van der Waals surface area contributed by atoms with Gasteiger partial charge in [-0.2, -0.15) is 0 Å². The van der Waals surface area contributed by atoms with Gasteiger partial charge in [0, 0.05) is 38.7 Å². The van der Waals surface area contributed by atoms with Crippen molar-refractivity contribution < 1.29 is 23.2 Å². The van der Waals surface area contributed by atoms with Gasteiger partial charge in [0.25, 0.3) is 11.7 Å². The highest BCUT2D eigenvalue weighted by Gasteiger charge is 2.58. The second-order valence-electron chi connectivity index (χ2n) is 13.5. The van der Waals surface area contributed by atoms with Gasteiger partial charge in [-0.1, -0.05) is 17.7 Å². The van der Waals surface area contributed by atoms with Crippen molar-refractivity contribution in [3.63, 3.8) is 0 Å². The Morgan fingerprint density at radius 1 is 1.13 bits per heavy atom. The predicted molar refractivity (Wildman–Crippen MR) is 176 cm³/mol. The minimum absolute atomic E-state index is 0.131. The normalized spacial score (nSPS) is 30.5. The van der Waals surface area contributed by atoms with E-state index in [1.54, 1.807) is 25.3 Å². The smallest absolute Gasteiger partial charge is 0.292 e. The molecule has 9 rings (SSSR count). The minimum Gasteiger partial charge on any atom is -0.443 e. The summed E-state index contributed by atoms with van der Waals surface area (Å²) in [6.07, 6.45) is 5.88. The van der Waals surface area contributed by atoms with Crippen LogP contribution in [0.25, 0.3) is 11.0 Å². The average molecular weight is 675 g/mol. The summed E-state index contributed by atoms with van der Waals surface area (Å²) in [5.74, 6) is 1.43. The summed E-state index contributed by atoms with van der Waals surface area (Å²) in [4.78, 5) is 24.7. The molecule has 6 heterocycles. The van der Waals surface area contributed by atoms with Crippen LogP contribution in [0.5, 0.6) is 11.5 Å². The van der Waals surface area contributed by atoms with Crippen molar-refractivity contribution in [3.05, 3.63) is 71.3 Å². The summed E-state index contributed by atoms with van der Waals surface area (Å²) in [5.41, 5.74) is 3.63. The molecule has 1 saturated carbocycles. The Balaban J connectivity index is 0.970. The Labute approximate surface area is 277 Å². The second-order valence-corrected chi connectivity index (χ2v) is 15.9. The maximum atomic E-state index is 13.6. The standard InChI is InChI=1S/C34H35ClN6O5S/c1-20-32(42)39-47(43,38-20)23-7-8-25-27(16-23)41(19-22-10-15-44-22)31(37-25)24-17-34(24)11-13-40(14-12-34)26-4-3-5-28-30(26)46-33(2,45-28)29-9-6-21(35)18-36-29/h3-9,16,18,20,22,24H,10-15,17,19H2,1-2H3,(H,38,39,42,43)/t20-,22?,24?,33+,47?/m1/s1. The number of hydrogen-bond donors (Lipinski definition) is 1. The van der Waals surface area contributed by atoms with E-state index in [0.29, 0.717) is 33.8 Å². The number of halogens is 1. The first kappa shape index (κ1) is 29.4. The molecule has 2 aromatic carbocycles. The fourth-order valence-electron chi connectivity index (χ4n) is 7.60. The number of fused-ring (bicyclic) bond motifs is 2. The molecular formula is C34H35ClN6O5S. The lowest BCUT2D eigenvalue weighted by Crippen LogP contribution is -2.36. The number of nitrogens with one attached hydrogen (secondary N) is 1. The van der Waals surface area contributed by atoms with E-state index in [0.717, 1.165) is 73.7 Å². The lowest BCUT2D eigenvalue weighted by Gasteiger charge is -2.35. The molecule has 4 aliphatic heterocycles. The number of rotatable bonds is 6. The molecule has 11 nitrogen and oxygen atoms in total. The van der Waals surface area contributed by atoms with Crippen LogP contribution in [0.1, 0.15) is 57.0 Å². The molecule has 1 spiro atoms. The monoisotopic (exact) mass is 674 g/mol. The molecular weight excluding hydrogens is 640 g/mol. The Morgan fingerprint density at radius 2 is 1.96 bits per heavy atom. The van der Waals surface area contributed by atoms with Crippen molar-refractivity contribution in [3.8, 4) is 11.5 Å². The van der Waals surface area contributed by atoms with E-state index in [1.165, 1.54) is 0 Å². The topological polar surface area (TPSA) is 120 Å². The zero-order valence-corrected chi connectivity index (χ0v) is 27.7. The number of imidazole rings is 1. The van der Waals surface area contributed by atoms with Crippen molar-refractivity contribution >= 4 is 44.1 Å². The Kier molecular flexibility index (Phi) is 6.51. The molecule has 244 valence electrons. The van der Waals surface area contributed by atoms with Crippen LogP contribution in [0.15, 0.2) is 64.0 Å². The Bertz CT molecular complexity index is 2060. The van der Waals surface area contributed by atoms with Gasteiger partial charge >= 0.3 is 0 Å². The van der Waals surface area contributed by atoms with Crippen molar-refractivity contribution in [1.82, 2.24) is 19.3 Å². The number of aromatic nitrogens is 3. The number of carbonyl (C=O) groups excluding carboxylic acids is 1. The zero-order valence-electron chi connectivity index (χ0n) is 26.1. The van der Waals surface area contributed by atoms with Gasteiger partial charge in [0.2, 0.25) is 0 Å². The summed E-state index contributed by atoms with van der Waals surface area (Å²) in [6.45, 7) is 6.82. The van der Waals surface area contributed by atoms with Crippen LogP contribution in [0.3, 0.4) is 0 Å². The molecule has 5 aliphatic rings. The summed E-state index contributed by atoms with van der Waals surface area (Å²) in [5, 5.41) is 0.562. The number of carbonyl (C=O) groups is 1. The SMILES string of the molecule is C[C@H]1NS(=O)(c2ccc3nc(C4CC45CCN(c4cccc6c4O[C@@](C)(c4ccc(Cl)cn4)O6)CC5)n(CC4CCO4)c3c2)=NC1=O. The summed E-state index contributed by atoms with van der Waals surface area (Å²) >= 11 is 6.07. The van der Waals surface area contributed by atoms with Gasteiger partial charge in [-0.05, 0) is 80.5 Å². The van der Waals surface area contributed by atoms with Crippen molar-refractivity contribution in [2.45, 2.75) is 74.8 Å². The summed E-state index contributed by atoms with van der Waals surface area (Å²) in [7, 11) is -3.02. The number of amides is 1. The minimum atomic E-state index is -3.02. The maximum Gasteiger partial charge on any atom is 0.292 e. The van der Waals surface area contributed by atoms with Gasteiger partial charge in [0.1, 0.15) is 21.4 Å². The lowest BCUT2D eigenvalue weighted by atomic mass is 9.90. The van der Waals surface area contributed by atoms with Gasteiger partial charge < -0.3 is 23.7 Å². The van der Waals surface area contributed by atoms with Gasteiger partial charge in [0.05, 0.1) is 45.3 Å². The van der Waals surface area contributed by atoms with Gasteiger partial charge in [0.15, 0.2) is 11.5 Å². The highest BCUT2D eigenvalue weighted by Crippen LogP contribution is 2.65. The molecule has 0 radical (unpaired) electrons. The molecule has 4 aromatic rings. The van der Waals surface area contributed by atoms with Crippen molar-refractivity contribution in [2.75, 3.05) is 24.6 Å². The fourth-order valence-corrected chi connectivity index (χ4v) is 9.52. The highest BCUT2D eigenvalue weighted by molar-refractivity contribution is 7.92. The number of para-hydroxylation sites is 1. The lowest BCUT2D eigenvalue weighted by molar-refractivity contribution is -0.118. The molecule has 0 bridgehead atoms. The van der Waals surface area contributed by atoms with Crippen LogP contribution in [0.4, 0.5) is 5.69 Å². The van der Waals surface area contributed by atoms with E-state index in [2.05, 4.69) is 29.6 Å². The third-order valence-corrected chi connectivity index (χ3v) is 12.8. The zero-order chi connectivity index (χ0) is 32.1. The third-order valence-electron chi connectivity index (χ3n) is 10.5. The van der Waals surface area contributed by atoms with Gasteiger partial charge in [-0.3, -0.25) is 9.78 Å². The van der Waals surface area contributed by atoms with Crippen LogP contribution >= 0.6 is 11.6 Å². The largest absolute Gasteiger partial charge is 0.443 e. The Morgan fingerprint density at radius 3 is 2.66 bits per heavy atom. The first-order chi connectivity index (χ1) is 22.6. The number of hydrogen-bond acceptors (Lipinski definition) is 8. The molecule has 13 heteroatoms. The van der Waals surface area contributed by atoms with E-state index < -0.39 is 21.7 Å². The molecule has 2 aromatic heterocycles. The van der Waals surface area contributed by atoms with E-state index >= 15 is 0 Å². The van der Waals surface area contributed by atoms with E-state index in [1.807, 2.05) is 37.3 Å². The number of piperidine rings is 1. The molecule has 47 heavy (non-hydrogen) atoms. The quantitative estimate of drug-likeness (QED) is 0.283. The van der Waals surface area contributed by atoms with Crippen LogP contribution in [0, 0.1) is 5.41 Å². The van der Waals surface area contributed by atoms with Crippen LogP contribution in [0.2, 0.25) is 5.02 Å². The van der Waals surface area contributed by atoms with E-state index in [9.17, 15) is 9.00 Å². The average Bonchev–Trinajstić information content (AvgIpc) is 3.27. The van der Waals surface area contributed by atoms with Gasteiger partial charge in [-0.25, -0.2) is 13.9 Å². The molecule has 3 unspecified atom stereocenters. The van der Waals surface area contributed by atoms with Crippen LogP contribution in [-0.2, 0) is 31.8 Å². The number of benzene rings is 2. The number of nitrogens with zero attached hydrogens (tertiary/aromatic N) is 5. The molecule has 2 saturated heterocycles. The number of pyridine rings is 1. The maximum absolute atomic E-state index is 13.6. The molecule has 5 atom stereocenters. The second kappa shape index (κ2) is 10.4. The summed E-state index contributed by atoms with van der Waals surface area (Å²) < 4.78 is 41.4. The first-order valence-electron chi connectivity index (χ1n) is 16.2. The molecule has 1 aliphatic carbocycles. The van der Waals surface area contributed by atoms with Crippen LogP contribution < -0.4 is 19.1 Å². The number of ether oxygens (including phenoxy) is 3. The van der Waals surface area contributed by atoms with E-state index in [-0.39, 0.29) is 17.4 Å². The Hall–Kier alpha value is -3.71. The fraction of sp³-hybridized carbons (Fsp3) is 0.441. The predicted octanol–water partition coefficient (Wildman–Crippen LogP) is 5.55. The third kappa shape index (κ3) is 4.74. The van der Waals surface area contributed by atoms with Gasteiger partial charge in [-0.15, -0.1) is 4.36 Å². The van der Waals surface area contributed by atoms with Crippen molar-refractivity contribution in [1.29, 1.82) is 0 Å². The molecule has 1 amide bonds.